The maximum Gasteiger partial charge on any atom is 0.338 e. The molecule has 3 heteroatoms. The highest BCUT2D eigenvalue weighted by Crippen LogP contribution is 2.02. The highest BCUT2D eigenvalue weighted by molar-refractivity contribution is 5.88. The van der Waals surface area contributed by atoms with Gasteiger partial charge in [0.2, 0.25) is 0 Å². The molecule has 2 aromatic rings. The molecule has 0 saturated heterocycles. The summed E-state index contributed by atoms with van der Waals surface area (Å²) in [6, 6.07) is 15.7. The lowest BCUT2D eigenvalue weighted by Gasteiger charge is -1.97. The second-order valence-corrected chi connectivity index (χ2v) is 5.24. The van der Waals surface area contributed by atoms with Crippen molar-refractivity contribution in [1.82, 2.24) is 4.98 Å². The summed E-state index contributed by atoms with van der Waals surface area (Å²) < 4.78 is 4.59. The van der Waals surface area contributed by atoms with Gasteiger partial charge in [-0.25, -0.2) is 4.79 Å². The first-order valence-electron chi connectivity index (χ1n) is 8.66. The van der Waals surface area contributed by atoms with Crippen LogP contribution >= 0.6 is 0 Å². The van der Waals surface area contributed by atoms with Gasteiger partial charge in [-0.15, -0.1) is 0 Å². The number of nitrogens with zero attached hydrogens (tertiary/aromatic N) is 1. The first-order chi connectivity index (χ1) is 12.7. The number of carbonyl (C=O) groups excluding carboxylic acids is 1. The summed E-state index contributed by atoms with van der Waals surface area (Å²) in [6.45, 7) is 10.8. The minimum atomic E-state index is -0.305. The van der Waals surface area contributed by atoms with Crippen molar-refractivity contribution >= 4 is 12.0 Å². The van der Waals surface area contributed by atoms with E-state index < -0.39 is 0 Å². The Morgan fingerprint density at radius 1 is 1.08 bits per heavy atom. The van der Waals surface area contributed by atoms with Crippen molar-refractivity contribution in [2.75, 3.05) is 0 Å². The molecular weight excluding hydrogens is 322 g/mol. The van der Waals surface area contributed by atoms with Crippen LogP contribution in [0.3, 0.4) is 0 Å². The predicted molar refractivity (Wildman–Crippen MR) is 110 cm³/mol. The van der Waals surface area contributed by atoms with Gasteiger partial charge in [-0.2, -0.15) is 0 Å². The number of ether oxygens (including phenoxy) is 1. The van der Waals surface area contributed by atoms with Crippen LogP contribution in [0.5, 0.6) is 0 Å². The van der Waals surface area contributed by atoms with E-state index in [0.717, 1.165) is 25.5 Å². The fraction of sp³-hybridized carbons (Fsp3) is 0.217. The van der Waals surface area contributed by atoms with Gasteiger partial charge < -0.3 is 4.74 Å². The van der Waals surface area contributed by atoms with Crippen LogP contribution in [0, 0.1) is 0 Å². The summed E-state index contributed by atoms with van der Waals surface area (Å²) in [7, 11) is 0. The topological polar surface area (TPSA) is 39.2 Å². The summed E-state index contributed by atoms with van der Waals surface area (Å²) in [5.74, 6) is -0.305. The zero-order chi connectivity index (χ0) is 19.5. The third-order valence-electron chi connectivity index (χ3n) is 3.12. The zero-order valence-corrected chi connectivity index (χ0v) is 15.8. The maximum absolute atomic E-state index is 11.0. The van der Waals surface area contributed by atoms with E-state index in [-0.39, 0.29) is 5.97 Å². The van der Waals surface area contributed by atoms with E-state index in [9.17, 15) is 4.79 Å². The van der Waals surface area contributed by atoms with E-state index in [2.05, 4.69) is 29.8 Å². The summed E-state index contributed by atoms with van der Waals surface area (Å²) in [5.41, 5.74) is 1.83. The van der Waals surface area contributed by atoms with Crippen LogP contribution in [0.4, 0.5) is 0 Å². The molecular formula is C23H29NO2. The van der Waals surface area contributed by atoms with Crippen molar-refractivity contribution in [2.45, 2.75) is 33.1 Å². The molecule has 0 amide bonds. The Kier molecular flexibility index (Phi) is 15.0. The average Bonchev–Trinajstić information content (AvgIpc) is 2.71. The van der Waals surface area contributed by atoms with Gasteiger partial charge in [0, 0.05) is 18.0 Å². The van der Waals surface area contributed by atoms with E-state index in [0.29, 0.717) is 5.57 Å². The number of esters is 1. The minimum Gasteiger partial charge on any atom is -0.432 e. The van der Waals surface area contributed by atoms with E-state index in [4.69, 9.17) is 0 Å². The molecule has 0 radical (unpaired) electrons. The van der Waals surface area contributed by atoms with E-state index in [1.807, 2.05) is 60.7 Å². The Balaban J connectivity index is 0.000000383. The fourth-order valence-electron chi connectivity index (χ4n) is 1.68. The van der Waals surface area contributed by atoms with Crippen molar-refractivity contribution in [1.29, 1.82) is 0 Å². The molecule has 138 valence electrons. The lowest BCUT2D eigenvalue weighted by atomic mass is 10.2. The Labute approximate surface area is 157 Å². The monoisotopic (exact) mass is 351 g/mol. The largest absolute Gasteiger partial charge is 0.432 e. The van der Waals surface area contributed by atoms with E-state index in [1.165, 1.54) is 5.56 Å². The summed E-state index contributed by atoms with van der Waals surface area (Å²) in [5, 5.41) is 0. The van der Waals surface area contributed by atoms with Crippen molar-refractivity contribution in [3.63, 3.8) is 0 Å². The Bertz CT molecular complexity index is 607. The highest BCUT2D eigenvalue weighted by atomic mass is 16.5. The van der Waals surface area contributed by atoms with Crippen LogP contribution in [0.25, 0.3) is 6.08 Å². The van der Waals surface area contributed by atoms with Crippen LogP contribution in [-0.4, -0.2) is 11.0 Å². The SMILES string of the molecule is C=COC(=O)/C(C)=C/CCCC.C=Cc1ccccc1.c1ccncc1. The standard InChI is InChI=1S/C10H16O2.C8H8.C5H5N/c1-4-6-7-8-9(3)10(11)12-5-2;1-2-8-6-4-3-5-7-8;1-2-4-6-5-3-1/h5,8H,2,4,6-7H2,1,3H3;2-7H,1H2;1-5H/b9-8+;;. The number of hydrogen-bond donors (Lipinski definition) is 0. The zero-order valence-electron chi connectivity index (χ0n) is 15.8. The number of unbranched alkanes of at least 4 members (excludes halogenated alkanes) is 2. The van der Waals surface area contributed by atoms with Gasteiger partial charge in [0.1, 0.15) is 0 Å². The minimum absolute atomic E-state index is 0.305. The number of rotatable bonds is 6. The van der Waals surface area contributed by atoms with Crippen LogP contribution in [0.2, 0.25) is 0 Å². The quantitative estimate of drug-likeness (QED) is 0.268. The number of pyridine rings is 1. The number of carbonyl (C=O) groups is 1. The maximum atomic E-state index is 11.0. The molecule has 1 aromatic carbocycles. The molecule has 3 nitrogen and oxygen atoms in total. The van der Waals surface area contributed by atoms with Gasteiger partial charge in [-0.1, -0.05) is 81.5 Å². The average molecular weight is 351 g/mol. The molecule has 0 atom stereocenters. The van der Waals surface area contributed by atoms with Crippen LogP contribution in [0.15, 0.2) is 92.0 Å². The lowest BCUT2D eigenvalue weighted by molar-refractivity contribution is -0.133. The van der Waals surface area contributed by atoms with Gasteiger partial charge in [0.25, 0.3) is 0 Å². The molecule has 0 fully saturated rings. The van der Waals surface area contributed by atoms with Gasteiger partial charge >= 0.3 is 5.97 Å². The van der Waals surface area contributed by atoms with E-state index >= 15 is 0 Å². The van der Waals surface area contributed by atoms with Gasteiger partial charge in [-0.3, -0.25) is 4.98 Å². The molecule has 0 aliphatic rings. The van der Waals surface area contributed by atoms with Crippen molar-refractivity contribution in [2.24, 2.45) is 0 Å². The third kappa shape index (κ3) is 13.5. The Hall–Kier alpha value is -2.94. The van der Waals surface area contributed by atoms with Crippen LogP contribution in [-0.2, 0) is 9.53 Å². The highest BCUT2D eigenvalue weighted by Gasteiger charge is 2.01. The molecule has 0 unspecified atom stereocenters. The normalized spacial score (nSPS) is 9.54. The van der Waals surface area contributed by atoms with Gasteiger partial charge in [0.15, 0.2) is 0 Å². The molecule has 2 rings (SSSR count). The van der Waals surface area contributed by atoms with Crippen molar-refractivity contribution in [3.05, 3.63) is 97.6 Å². The molecule has 0 spiro atoms. The van der Waals surface area contributed by atoms with Gasteiger partial charge in [-0.05, 0) is 31.0 Å². The third-order valence-corrected chi connectivity index (χ3v) is 3.12. The van der Waals surface area contributed by atoms with Gasteiger partial charge in [0.05, 0.1) is 6.26 Å². The first-order valence-corrected chi connectivity index (χ1v) is 8.66. The molecule has 0 aliphatic carbocycles. The molecule has 26 heavy (non-hydrogen) atoms. The first kappa shape index (κ1) is 23.1. The number of allylic oxidation sites excluding steroid dienone is 1. The van der Waals surface area contributed by atoms with Crippen molar-refractivity contribution < 1.29 is 9.53 Å². The summed E-state index contributed by atoms with van der Waals surface area (Å²) in [6.07, 6.45) is 11.6. The Morgan fingerprint density at radius 2 is 1.69 bits per heavy atom. The summed E-state index contributed by atoms with van der Waals surface area (Å²) >= 11 is 0. The molecule has 1 aromatic heterocycles. The predicted octanol–water partition coefficient (Wildman–Crippen LogP) is 6.22. The van der Waals surface area contributed by atoms with E-state index in [1.54, 1.807) is 19.3 Å². The van der Waals surface area contributed by atoms with Crippen LogP contribution in [0.1, 0.15) is 38.7 Å². The second kappa shape index (κ2) is 16.9. The fourth-order valence-corrected chi connectivity index (χ4v) is 1.68. The Morgan fingerprint density at radius 3 is 2.08 bits per heavy atom. The second-order valence-electron chi connectivity index (χ2n) is 5.24. The van der Waals surface area contributed by atoms with Crippen molar-refractivity contribution in [3.8, 4) is 0 Å². The molecule has 0 saturated carbocycles. The lowest BCUT2D eigenvalue weighted by Crippen LogP contribution is -2.00. The molecule has 0 N–H and O–H groups in total. The molecule has 0 aliphatic heterocycles. The number of benzene rings is 1. The summed E-state index contributed by atoms with van der Waals surface area (Å²) in [4.78, 5) is 14.8. The smallest absolute Gasteiger partial charge is 0.338 e. The molecule has 0 bridgehead atoms. The van der Waals surface area contributed by atoms with Crippen LogP contribution < -0.4 is 0 Å². The number of aromatic nitrogens is 1. The number of hydrogen-bond acceptors (Lipinski definition) is 3. The molecule has 1 heterocycles.